The molecule has 15 heavy (non-hydrogen) atoms. The molecule has 0 spiro atoms. The summed E-state index contributed by atoms with van der Waals surface area (Å²) < 4.78 is 4.48. The normalized spacial score (nSPS) is 9.73. The summed E-state index contributed by atoms with van der Waals surface area (Å²) in [6.07, 6.45) is -0.480. The summed E-state index contributed by atoms with van der Waals surface area (Å²) >= 11 is 0. The van der Waals surface area contributed by atoms with E-state index < -0.39 is 6.09 Å². The fourth-order valence-corrected chi connectivity index (χ4v) is 1.08. The van der Waals surface area contributed by atoms with Crippen LogP contribution in [-0.2, 0) is 16.1 Å². The number of hydrogen-bond acceptors (Lipinski definition) is 4. The molecule has 1 amide bonds. The third kappa shape index (κ3) is 3.97. The number of nitrogens with one attached hydrogen (secondary N) is 2. The molecule has 5 nitrogen and oxygen atoms in total. The summed E-state index contributed by atoms with van der Waals surface area (Å²) in [5, 5.41) is 2.58. The molecule has 1 aromatic carbocycles. The lowest BCUT2D eigenvalue weighted by Crippen LogP contribution is -2.13. The van der Waals surface area contributed by atoms with E-state index in [0.717, 1.165) is 5.56 Å². The molecule has 82 valence electrons. The zero-order valence-electron chi connectivity index (χ0n) is 8.74. The smallest absolute Gasteiger partial charge is 0.411 e. The predicted octanol–water partition coefficient (Wildman–Crippen LogP) is 1.52. The number of rotatable bonds is 4. The molecule has 0 bridgehead atoms. The summed E-state index contributed by atoms with van der Waals surface area (Å²) in [5.74, 6) is 0. The van der Waals surface area contributed by atoms with E-state index in [-0.39, 0.29) is 0 Å². The quantitative estimate of drug-likeness (QED) is 0.740. The van der Waals surface area contributed by atoms with E-state index in [1.807, 2.05) is 18.2 Å². The van der Waals surface area contributed by atoms with Gasteiger partial charge in [0.15, 0.2) is 0 Å². The minimum absolute atomic E-state index is 0.480. The Morgan fingerprint density at radius 3 is 2.87 bits per heavy atom. The van der Waals surface area contributed by atoms with Crippen molar-refractivity contribution in [2.45, 2.75) is 6.54 Å². The van der Waals surface area contributed by atoms with Gasteiger partial charge < -0.3 is 9.57 Å². The Kier molecular flexibility index (Phi) is 4.59. The van der Waals surface area contributed by atoms with Crippen molar-refractivity contribution in [3.63, 3.8) is 0 Å². The fourth-order valence-electron chi connectivity index (χ4n) is 1.08. The number of hydrogen-bond donors (Lipinski definition) is 2. The molecule has 0 saturated heterocycles. The standard InChI is InChI=1S/C10H14N2O3/c1-14-10(13)12-9-5-3-4-8(6-9)7-11-15-2/h3-6,11H,7H2,1-2H3,(H,12,13). The second-order valence-electron chi connectivity index (χ2n) is 2.84. The molecule has 0 unspecified atom stereocenters. The number of carbonyl (C=O) groups is 1. The molecule has 0 saturated carbocycles. The van der Waals surface area contributed by atoms with Gasteiger partial charge in [-0.2, -0.15) is 5.48 Å². The Bertz CT molecular complexity index is 328. The summed E-state index contributed by atoms with van der Waals surface area (Å²) in [7, 11) is 2.88. The van der Waals surface area contributed by atoms with Crippen LogP contribution in [0.2, 0.25) is 0 Å². The molecule has 1 rings (SSSR count). The van der Waals surface area contributed by atoms with E-state index in [1.54, 1.807) is 13.2 Å². The predicted molar refractivity (Wildman–Crippen MR) is 56.3 cm³/mol. The van der Waals surface area contributed by atoms with Crippen molar-refractivity contribution in [2.24, 2.45) is 0 Å². The average Bonchev–Trinajstić information content (AvgIpc) is 2.26. The lowest BCUT2D eigenvalue weighted by molar-refractivity contribution is 0.0867. The van der Waals surface area contributed by atoms with Gasteiger partial charge in [0, 0.05) is 12.2 Å². The van der Waals surface area contributed by atoms with Crippen LogP contribution in [0.3, 0.4) is 0 Å². The molecular formula is C10H14N2O3. The van der Waals surface area contributed by atoms with Crippen molar-refractivity contribution in [3.8, 4) is 0 Å². The van der Waals surface area contributed by atoms with Crippen molar-refractivity contribution >= 4 is 11.8 Å². The van der Waals surface area contributed by atoms with Crippen LogP contribution in [0.1, 0.15) is 5.56 Å². The molecule has 0 heterocycles. The van der Waals surface area contributed by atoms with Gasteiger partial charge in [0.25, 0.3) is 0 Å². The number of methoxy groups -OCH3 is 1. The Hall–Kier alpha value is -1.59. The largest absolute Gasteiger partial charge is 0.453 e. The van der Waals surface area contributed by atoms with Gasteiger partial charge in [-0.3, -0.25) is 5.32 Å². The number of ether oxygens (including phenoxy) is 1. The molecule has 1 aromatic rings. The van der Waals surface area contributed by atoms with Gasteiger partial charge in [-0.25, -0.2) is 4.79 Å². The molecule has 0 aliphatic rings. The first-order valence-corrected chi connectivity index (χ1v) is 4.46. The third-order valence-electron chi connectivity index (χ3n) is 1.78. The zero-order chi connectivity index (χ0) is 11.1. The maximum Gasteiger partial charge on any atom is 0.411 e. The van der Waals surface area contributed by atoms with E-state index in [0.29, 0.717) is 12.2 Å². The van der Waals surface area contributed by atoms with Gasteiger partial charge in [-0.1, -0.05) is 12.1 Å². The van der Waals surface area contributed by atoms with Gasteiger partial charge >= 0.3 is 6.09 Å². The second kappa shape index (κ2) is 6.00. The maximum atomic E-state index is 10.9. The van der Waals surface area contributed by atoms with Crippen LogP contribution in [0.4, 0.5) is 10.5 Å². The van der Waals surface area contributed by atoms with Crippen LogP contribution in [0.15, 0.2) is 24.3 Å². The summed E-state index contributed by atoms with van der Waals surface area (Å²) in [5.41, 5.74) is 4.41. The monoisotopic (exact) mass is 210 g/mol. The van der Waals surface area contributed by atoms with Crippen molar-refractivity contribution < 1.29 is 14.4 Å². The Morgan fingerprint density at radius 1 is 1.40 bits per heavy atom. The molecule has 0 aliphatic heterocycles. The average molecular weight is 210 g/mol. The number of hydroxylamine groups is 1. The van der Waals surface area contributed by atoms with E-state index in [4.69, 9.17) is 4.84 Å². The van der Waals surface area contributed by atoms with Gasteiger partial charge in [-0.15, -0.1) is 0 Å². The number of amides is 1. The molecule has 2 N–H and O–H groups in total. The first kappa shape index (κ1) is 11.5. The lowest BCUT2D eigenvalue weighted by Gasteiger charge is -2.06. The molecule has 5 heteroatoms. The lowest BCUT2D eigenvalue weighted by atomic mass is 10.2. The Balaban J connectivity index is 2.61. The highest BCUT2D eigenvalue weighted by Crippen LogP contribution is 2.10. The summed E-state index contributed by atoms with van der Waals surface area (Å²) in [4.78, 5) is 15.7. The number of carbonyl (C=O) groups excluding carboxylic acids is 1. The number of benzene rings is 1. The van der Waals surface area contributed by atoms with Crippen molar-refractivity contribution in [1.82, 2.24) is 5.48 Å². The zero-order valence-corrected chi connectivity index (χ0v) is 8.74. The van der Waals surface area contributed by atoms with Gasteiger partial charge in [0.1, 0.15) is 0 Å². The first-order valence-electron chi connectivity index (χ1n) is 4.46. The molecule has 0 aliphatic carbocycles. The minimum atomic E-state index is -0.480. The molecular weight excluding hydrogens is 196 g/mol. The second-order valence-corrected chi connectivity index (χ2v) is 2.84. The van der Waals surface area contributed by atoms with Crippen LogP contribution < -0.4 is 10.8 Å². The molecule has 0 aromatic heterocycles. The highest BCUT2D eigenvalue weighted by Gasteiger charge is 2.00. The van der Waals surface area contributed by atoms with E-state index in [9.17, 15) is 4.79 Å². The van der Waals surface area contributed by atoms with Crippen molar-refractivity contribution in [2.75, 3.05) is 19.5 Å². The van der Waals surface area contributed by atoms with E-state index >= 15 is 0 Å². The fraction of sp³-hybridized carbons (Fsp3) is 0.300. The van der Waals surface area contributed by atoms with Crippen LogP contribution in [0.25, 0.3) is 0 Å². The topological polar surface area (TPSA) is 59.6 Å². The van der Waals surface area contributed by atoms with E-state index in [2.05, 4.69) is 15.5 Å². The van der Waals surface area contributed by atoms with Crippen LogP contribution in [0.5, 0.6) is 0 Å². The Morgan fingerprint density at radius 2 is 2.20 bits per heavy atom. The Labute approximate surface area is 88.3 Å². The van der Waals surface area contributed by atoms with Gasteiger partial charge in [-0.05, 0) is 17.7 Å². The van der Waals surface area contributed by atoms with Crippen LogP contribution in [0, 0.1) is 0 Å². The summed E-state index contributed by atoms with van der Waals surface area (Å²) in [6.45, 7) is 0.577. The molecule has 0 atom stereocenters. The van der Waals surface area contributed by atoms with Crippen molar-refractivity contribution in [3.05, 3.63) is 29.8 Å². The first-order chi connectivity index (χ1) is 7.26. The molecule has 0 fully saturated rings. The van der Waals surface area contributed by atoms with Gasteiger partial charge in [0.05, 0.1) is 14.2 Å². The highest BCUT2D eigenvalue weighted by atomic mass is 16.6. The van der Waals surface area contributed by atoms with Crippen molar-refractivity contribution in [1.29, 1.82) is 0 Å². The molecule has 0 radical (unpaired) electrons. The minimum Gasteiger partial charge on any atom is -0.453 e. The van der Waals surface area contributed by atoms with Crippen LogP contribution >= 0.6 is 0 Å². The van der Waals surface area contributed by atoms with E-state index in [1.165, 1.54) is 7.11 Å². The SMILES string of the molecule is CONCc1cccc(NC(=O)OC)c1. The van der Waals surface area contributed by atoms with Gasteiger partial charge in [0.2, 0.25) is 0 Å². The van der Waals surface area contributed by atoms with Crippen LogP contribution in [-0.4, -0.2) is 20.3 Å². The third-order valence-corrected chi connectivity index (χ3v) is 1.78. The highest BCUT2D eigenvalue weighted by molar-refractivity contribution is 5.84. The number of anilines is 1. The maximum absolute atomic E-state index is 10.9. The summed E-state index contributed by atoms with van der Waals surface area (Å²) in [6, 6.07) is 7.39.